The largest absolute Gasteiger partial charge is 0.477 e. The molecule has 2 aromatic rings. The summed E-state index contributed by atoms with van der Waals surface area (Å²) in [4.78, 5) is 29.1. The molecule has 0 radical (unpaired) electrons. The van der Waals surface area contributed by atoms with E-state index in [2.05, 4.69) is 15.3 Å². The number of nitrogens with zero attached hydrogens (tertiary/aromatic N) is 1. The molecule has 1 amide bonds. The lowest BCUT2D eigenvalue weighted by Gasteiger charge is -2.09. The maximum atomic E-state index is 12.1. The Morgan fingerprint density at radius 2 is 2.15 bits per heavy atom. The van der Waals surface area contributed by atoms with Crippen LogP contribution in [0.1, 0.15) is 26.5 Å². The van der Waals surface area contributed by atoms with Gasteiger partial charge >= 0.3 is 5.97 Å². The quantitative estimate of drug-likeness (QED) is 0.767. The Morgan fingerprint density at radius 3 is 2.85 bits per heavy atom. The van der Waals surface area contributed by atoms with E-state index in [1.54, 1.807) is 19.2 Å². The number of ether oxygens (including phenoxy) is 1. The zero-order valence-corrected chi connectivity index (χ0v) is 10.7. The van der Waals surface area contributed by atoms with Crippen molar-refractivity contribution in [1.29, 1.82) is 0 Å². The van der Waals surface area contributed by atoms with Gasteiger partial charge in [0, 0.05) is 18.4 Å². The molecule has 7 heteroatoms. The van der Waals surface area contributed by atoms with Gasteiger partial charge < -0.3 is 20.1 Å². The Labute approximate surface area is 114 Å². The fourth-order valence-electron chi connectivity index (χ4n) is 1.73. The number of aromatic carboxylic acids is 1. The van der Waals surface area contributed by atoms with Gasteiger partial charge in [-0.3, -0.25) is 4.79 Å². The van der Waals surface area contributed by atoms with Crippen LogP contribution in [-0.2, 0) is 11.3 Å². The fourth-order valence-corrected chi connectivity index (χ4v) is 1.73. The molecule has 0 unspecified atom stereocenters. The number of benzene rings is 1. The summed E-state index contributed by atoms with van der Waals surface area (Å²) in [6, 6.07) is 7.10. The Balaban J connectivity index is 2.24. The van der Waals surface area contributed by atoms with Crippen molar-refractivity contribution in [2.75, 3.05) is 12.4 Å². The first-order chi connectivity index (χ1) is 9.63. The van der Waals surface area contributed by atoms with Crippen molar-refractivity contribution >= 4 is 17.6 Å². The van der Waals surface area contributed by atoms with Gasteiger partial charge in [0.1, 0.15) is 0 Å². The maximum absolute atomic E-state index is 12.1. The molecule has 0 aliphatic carbocycles. The number of carboxylic acids is 1. The summed E-state index contributed by atoms with van der Waals surface area (Å²) >= 11 is 0. The van der Waals surface area contributed by atoms with Crippen molar-refractivity contribution in [3.8, 4) is 0 Å². The molecule has 7 nitrogen and oxygen atoms in total. The van der Waals surface area contributed by atoms with Crippen LogP contribution in [0.15, 0.2) is 30.6 Å². The van der Waals surface area contributed by atoms with Crippen molar-refractivity contribution in [3.63, 3.8) is 0 Å². The van der Waals surface area contributed by atoms with Crippen LogP contribution in [0.25, 0.3) is 0 Å². The molecule has 2 rings (SSSR count). The second-order valence-electron chi connectivity index (χ2n) is 3.98. The van der Waals surface area contributed by atoms with E-state index >= 15 is 0 Å². The minimum atomic E-state index is -1.24. The highest BCUT2D eigenvalue weighted by atomic mass is 16.5. The van der Waals surface area contributed by atoms with Crippen LogP contribution >= 0.6 is 0 Å². The number of hydrogen-bond acceptors (Lipinski definition) is 4. The van der Waals surface area contributed by atoms with Crippen LogP contribution in [0.5, 0.6) is 0 Å². The highest BCUT2D eigenvalue weighted by molar-refractivity contribution is 6.08. The predicted octanol–water partition coefficient (Wildman–Crippen LogP) is 1.51. The number of hydrogen-bond donors (Lipinski definition) is 3. The summed E-state index contributed by atoms with van der Waals surface area (Å²) in [6.07, 6.45) is 1.17. The monoisotopic (exact) mass is 275 g/mol. The SMILES string of the molecule is COCc1ccccc1NC(=O)c1nc[nH]c1C(=O)O. The van der Waals surface area contributed by atoms with Crippen molar-refractivity contribution in [2.24, 2.45) is 0 Å². The molecule has 20 heavy (non-hydrogen) atoms. The summed E-state index contributed by atoms with van der Waals surface area (Å²) < 4.78 is 5.04. The van der Waals surface area contributed by atoms with Crippen molar-refractivity contribution in [2.45, 2.75) is 6.61 Å². The molecule has 0 bridgehead atoms. The molecule has 0 atom stereocenters. The topological polar surface area (TPSA) is 104 Å². The van der Waals surface area contributed by atoms with E-state index in [-0.39, 0.29) is 11.4 Å². The smallest absolute Gasteiger partial charge is 0.354 e. The van der Waals surface area contributed by atoms with E-state index in [1.165, 1.54) is 6.33 Å². The van der Waals surface area contributed by atoms with E-state index < -0.39 is 11.9 Å². The molecule has 0 aliphatic rings. The van der Waals surface area contributed by atoms with Crippen LogP contribution in [0, 0.1) is 0 Å². The summed E-state index contributed by atoms with van der Waals surface area (Å²) in [5, 5.41) is 11.6. The highest BCUT2D eigenvalue weighted by Crippen LogP contribution is 2.17. The number of imidazole rings is 1. The predicted molar refractivity (Wildman–Crippen MR) is 70.7 cm³/mol. The van der Waals surface area contributed by atoms with E-state index in [9.17, 15) is 9.59 Å². The molecular formula is C13H13N3O4. The third-order valence-electron chi connectivity index (χ3n) is 2.63. The van der Waals surface area contributed by atoms with Crippen LogP contribution in [-0.4, -0.2) is 34.1 Å². The Kier molecular flexibility index (Phi) is 4.11. The first-order valence-corrected chi connectivity index (χ1v) is 5.78. The minimum absolute atomic E-state index is 0.162. The summed E-state index contributed by atoms with van der Waals surface area (Å²) in [5.74, 6) is -1.83. The van der Waals surface area contributed by atoms with Gasteiger partial charge in [0.15, 0.2) is 11.4 Å². The number of carbonyl (C=O) groups excluding carboxylic acids is 1. The molecule has 3 N–H and O–H groups in total. The maximum Gasteiger partial charge on any atom is 0.354 e. The van der Waals surface area contributed by atoms with Crippen LogP contribution in [0.4, 0.5) is 5.69 Å². The van der Waals surface area contributed by atoms with Crippen molar-refractivity contribution in [1.82, 2.24) is 9.97 Å². The number of amides is 1. The van der Waals surface area contributed by atoms with Gasteiger partial charge in [-0.15, -0.1) is 0 Å². The van der Waals surface area contributed by atoms with E-state index in [0.29, 0.717) is 12.3 Å². The Bertz CT molecular complexity index is 636. The average Bonchev–Trinajstić information content (AvgIpc) is 2.91. The average molecular weight is 275 g/mol. The Morgan fingerprint density at radius 1 is 1.40 bits per heavy atom. The van der Waals surface area contributed by atoms with Crippen molar-refractivity contribution < 1.29 is 19.4 Å². The first kappa shape index (κ1) is 13.8. The van der Waals surface area contributed by atoms with E-state index in [0.717, 1.165) is 5.56 Å². The number of H-pyrrole nitrogens is 1. The van der Waals surface area contributed by atoms with E-state index in [4.69, 9.17) is 9.84 Å². The Hall–Kier alpha value is -2.67. The molecular weight excluding hydrogens is 262 g/mol. The highest BCUT2D eigenvalue weighted by Gasteiger charge is 2.20. The second-order valence-corrected chi connectivity index (χ2v) is 3.98. The third kappa shape index (κ3) is 2.83. The summed E-state index contributed by atoms with van der Waals surface area (Å²) in [5.41, 5.74) is 0.936. The molecule has 0 spiro atoms. The third-order valence-corrected chi connectivity index (χ3v) is 2.63. The summed E-state index contributed by atoms with van der Waals surface area (Å²) in [7, 11) is 1.55. The first-order valence-electron chi connectivity index (χ1n) is 5.78. The number of aromatic nitrogens is 2. The van der Waals surface area contributed by atoms with Gasteiger partial charge in [-0.2, -0.15) is 0 Å². The number of anilines is 1. The van der Waals surface area contributed by atoms with Crippen LogP contribution in [0.3, 0.4) is 0 Å². The summed E-state index contributed by atoms with van der Waals surface area (Å²) in [6.45, 7) is 0.336. The van der Waals surface area contributed by atoms with Crippen LogP contribution < -0.4 is 5.32 Å². The minimum Gasteiger partial charge on any atom is -0.477 e. The number of carbonyl (C=O) groups is 2. The lowest BCUT2D eigenvalue weighted by atomic mass is 10.2. The fraction of sp³-hybridized carbons (Fsp3) is 0.154. The number of aromatic amines is 1. The zero-order chi connectivity index (χ0) is 14.5. The van der Waals surface area contributed by atoms with Crippen molar-refractivity contribution in [3.05, 3.63) is 47.5 Å². The molecule has 0 aliphatic heterocycles. The number of para-hydroxylation sites is 1. The number of methoxy groups -OCH3 is 1. The second kappa shape index (κ2) is 5.98. The normalized spacial score (nSPS) is 10.2. The molecule has 1 aromatic heterocycles. The molecule has 0 saturated heterocycles. The standard InChI is InChI=1S/C13H13N3O4/c1-20-6-8-4-2-3-5-9(8)16-12(17)10-11(13(18)19)15-7-14-10/h2-5,7H,6H2,1H3,(H,14,15)(H,16,17)(H,18,19). The molecule has 1 heterocycles. The molecule has 0 fully saturated rings. The van der Waals surface area contributed by atoms with Gasteiger partial charge in [0.2, 0.25) is 0 Å². The van der Waals surface area contributed by atoms with E-state index in [1.807, 2.05) is 12.1 Å². The van der Waals surface area contributed by atoms with Gasteiger partial charge in [-0.05, 0) is 6.07 Å². The number of carboxylic acid groups (broad SMARTS) is 1. The van der Waals surface area contributed by atoms with Crippen LogP contribution in [0.2, 0.25) is 0 Å². The lowest BCUT2D eigenvalue weighted by molar-refractivity contribution is 0.0686. The molecule has 104 valence electrons. The van der Waals surface area contributed by atoms with Gasteiger partial charge in [-0.25, -0.2) is 9.78 Å². The van der Waals surface area contributed by atoms with Gasteiger partial charge in [0.05, 0.1) is 12.9 Å². The zero-order valence-electron chi connectivity index (χ0n) is 10.7. The number of nitrogens with one attached hydrogen (secondary N) is 2. The lowest BCUT2D eigenvalue weighted by Crippen LogP contribution is -2.17. The molecule has 0 saturated carbocycles. The van der Waals surface area contributed by atoms with Gasteiger partial charge in [0.25, 0.3) is 5.91 Å². The molecule has 1 aromatic carbocycles. The number of rotatable bonds is 5. The van der Waals surface area contributed by atoms with Gasteiger partial charge in [-0.1, -0.05) is 18.2 Å².